The Labute approximate surface area is 203 Å². The number of benzene rings is 2. The monoisotopic (exact) mass is 498 g/mol. The number of amidine groups is 1. The second-order valence-corrected chi connectivity index (χ2v) is 8.48. The van der Waals surface area contributed by atoms with Gasteiger partial charge in [-0.25, -0.2) is 13.8 Å². The van der Waals surface area contributed by atoms with Crippen molar-refractivity contribution in [2.45, 2.75) is 26.8 Å². The molecular weight excluding hydrogens is 478 g/mol. The minimum Gasteiger partial charge on any atom is -0.455 e. The number of rotatable bonds is 5. The Hall–Kier alpha value is -3.98. The van der Waals surface area contributed by atoms with Crippen LogP contribution in [0.3, 0.4) is 0 Å². The summed E-state index contributed by atoms with van der Waals surface area (Å²) in [5.74, 6) is -2.12. The van der Waals surface area contributed by atoms with E-state index in [1.165, 1.54) is 19.1 Å². The summed E-state index contributed by atoms with van der Waals surface area (Å²) in [7, 11) is 0. The van der Waals surface area contributed by atoms with Crippen molar-refractivity contribution in [1.29, 1.82) is 0 Å². The maximum atomic E-state index is 14.6. The van der Waals surface area contributed by atoms with Crippen LogP contribution in [0, 0.1) is 25.5 Å². The minimum absolute atomic E-state index is 0.0924. The molecule has 180 valence electrons. The number of nitrogens with zero attached hydrogens (tertiary/aromatic N) is 2. The number of hydrogen-bond donors (Lipinski definition) is 3. The Bertz CT molecular complexity index is 1530. The first-order valence-electron chi connectivity index (χ1n) is 10.6. The van der Waals surface area contributed by atoms with Gasteiger partial charge in [-0.2, -0.15) is 0 Å². The summed E-state index contributed by atoms with van der Waals surface area (Å²) in [6.07, 6.45) is 0. The van der Waals surface area contributed by atoms with E-state index in [4.69, 9.17) is 27.0 Å². The normalized spacial score (nSPS) is 12.7. The number of oxime groups is 1. The zero-order valence-corrected chi connectivity index (χ0v) is 19.7. The summed E-state index contributed by atoms with van der Waals surface area (Å²) in [5.41, 5.74) is 7.07. The van der Waals surface area contributed by atoms with Crippen molar-refractivity contribution in [3.8, 4) is 11.3 Å². The van der Waals surface area contributed by atoms with Gasteiger partial charge in [0.25, 0.3) is 0 Å². The lowest BCUT2D eigenvalue weighted by molar-refractivity contribution is 0.318. The summed E-state index contributed by atoms with van der Waals surface area (Å²) in [6.45, 7) is 5.08. The summed E-state index contributed by atoms with van der Waals surface area (Å²) in [4.78, 5) is 17.3. The Balaban J connectivity index is 1.92. The van der Waals surface area contributed by atoms with Crippen molar-refractivity contribution in [2.24, 2.45) is 10.9 Å². The molecule has 2 aromatic heterocycles. The molecule has 0 spiro atoms. The van der Waals surface area contributed by atoms with Gasteiger partial charge < -0.3 is 20.7 Å². The first-order valence-corrected chi connectivity index (χ1v) is 10.9. The van der Waals surface area contributed by atoms with Crippen molar-refractivity contribution in [2.75, 3.05) is 5.32 Å². The van der Waals surface area contributed by atoms with Crippen LogP contribution in [0.15, 0.2) is 56.8 Å². The van der Waals surface area contributed by atoms with E-state index in [2.05, 4.69) is 15.5 Å². The Morgan fingerprint density at radius 3 is 2.54 bits per heavy atom. The molecule has 0 bridgehead atoms. The fraction of sp³-hybridized carbons (Fsp3) is 0.160. The standard InChI is InChI=1S/C25H21ClF2N4O3/c1-11-9-14(13(3)30-18-7-8-19(26)31-21(18)25(29)32-34)24-15(10-11)22(33)12(2)23(35-24)20-16(27)5-4-6-17(20)28/h4-10,13,30,34H,1-3H3,(H2,29,32). The van der Waals surface area contributed by atoms with E-state index in [0.717, 1.165) is 17.7 Å². The van der Waals surface area contributed by atoms with E-state index in [9.17, 15) is 13.6 Å². The number of nitrogens with one attached hydrogen (secondary N) is 1. The highest BCUT2D eigenvalue weighted by atomic mass is 35.5. The first-order chi connectivity index (χ1) is 16.6. The maximum Gasteiger partial charge on any atom is 0.196 e. The fourth-order valence-electron chi connectivity index (χ4n) is 3.95. The first kappa shape index (κ1) is 24.2. The minimum atomic E-state index is -0.842. The maximum absolute atomic E-state index is 14.6. The Kier molecular flexibility index (Phi) is 6.45. The van der Waals surface area contributed by atoms with Gasteiger partial charge in [0.05, 0.1) is 22.7 Å². The van der Waals surface area contributed by atoms with Gasteiger partial charge in [0.2, 0.25) is 0 Å². The van der Waals surface area contributed by atoms with Crippen LogP contribution in [0.1, 0.15) is 35.3 Å². The van der Waals surface area contributed by atoms with Crippen molar-refractivity contribution in [3.63, 3.8) is 0 Å². The van der Waals surface area contributed by atoms with Crippen molar-refractivity contribution in [3.05, 3.63) is 91.9 Å². The molecule has 0 saturated heterocycles. The van der Waals surface area contributed by atoms with Gasteiger partial charge in [-0.05, 0) is 56.7 Å². The summed E-state index contributed by atoms with van der Waals surface area (Å²) >= 11 is 5.96. The number of aryl methyl sites for hydroxylation is 1. The molecule has 0 amide bonds. The highest BCUT2D eigenvalue weighted by Gasteiger charge is 2.23. The predicted molar refractivity (Wildman–Crippen MR) is 131 cm³/mol. The topological polar surface area (TPSA) is 114 Å². The molecule has 0 aliphatic carbocycles. The Morgan fingerprint density at radius 2 is 1.89 bits per heavy atom. The fourth-order valence-corrected chi connectivity index (χ4v) is 4.10. The van der Waals surface area contributed by atoms with E-state index >= 15 is 0 Å². The zero-order valence-electron chi connectivity index (χ0n) is 19.0. The van der Waals surface area contributed by atoms with E-state index in [0.29, 0.717) is 11.3 Å². The summed E-state index contributed by atoms with van der Waals surface area (Å²) < 4.78 is 35.2. The molecule has 0 aliphatic rings. The molecular formula is C25H21ClF2N4O3. The van der Waals surface area contributed by atoms with Gasteiger partial charge in [0.1, 0.15) is 33.8 Å². The number of hydrogen-bond acceptors (Lipinski definition) is 6. The van der Waals surface area contributed by atoms with Crippen molar-refractivity contribution in [1.82, 2.24) is 4.98 Å². The number of nitrogens with two attached hydrogens (primary N) is 1. The molecule has 2 aromatic carbocycles. The summed E-state index contributed by atoms with van der Waals surface area (Å²) in [5, 5.41) is 15.7. The lowest BCUT2D eigenvalue weighted by Crippen LogP contribution is -2.19. The molecule has 0 saturated carbocycles. The molecule has 10 heteroatoms. The number of halogens is 3. The molecule has 1 atom stereocenters. The third-order valence-corrected chi connectivity index (χ3v) is 5.84. The molecule has 1 unspecified atom stereocenters. The van der Waals surface area contributed by atoms with Crippen LogP contribution < -0.4 is 16.5 Å². The molecule has 2 heterocycles. The van der Waals surface area contributed by atoms with Crippen LogP contribution in [-0.2, 0) is 0 Å². The highest BCUT2D eigenvalue weighted by Crippen LogP contribution is 2.34. The van der Waals surface area contributed by atoms with Crippen LogP contribution in [-0.4, -0.2) is 16.0 Å². The van der Waals surface area contributed by atoms with Crippen LogP contribution in [0.2, 0.25) is 5.15 Å². The molecule has 7 nitrogen and oxygen atoms in total. The molecule has 4 N–H and O–H groups in total. The Morgan fingerprint density at radius 1 is 1.20 bits per heavy atom. The van der Waals surface area contributed by atoms with Gasteiger partial charge in [-0.15, -0.1) is 0 Å². The predicted octanol–water partition coefficient (Wildman–Crippen LogP) is 5.67. The van der Waals surface area contributed by atoms with Gasteiger partial charge in [0, 0.05) is 11.1 Å². The van der Waals surface area contributed by atoms with Gasteiger partial charge in [0.15, 0.2) is 11.3 Å². The smallest absolute Gasteiger partial charge is 0.196 e. The van der Waals surface area contributed by atoms with Crippen LogP contribution in [0.5, 0.6) is 0 Å². The quantitative estimate of drug-likeness (QED) is 0.107. The van der Waals surface area contributed by atoms with Crippen LogP contribution in [0.4, 0.5) is 14.5 Å². The number of anilines is 1. The van der Waals surface area contributed by atoms with E-state index in [-0.39, 0.29) is 39.0 Å². The second kappa shape index (κ2) is 9.34. The van der Waals surface area contributed by atoms with Gasteiger partial charge in [-0.1, -0.05) is 28.9 Å². The number of aromatic nitrogens is 1. The van der Waals surface area contributed by atoms with Gasteiger partial charge >= 0.3 is 0 Å². The van der Waals surface area contributed by atoms with Crippen LogP contribution in [0.25, 0.3) is 22.3 Å². The third-order valence-electron chi connectivity index (χ3n) is 5.63. The molecule has 4 aromatic rings. The molecule has 0 aliphatic heterocycles. The average Bonchev–Trinajstić information content (AvgIpc) is 2.82. The molecule has 0 radical (unpaired) electrons. The van der Waals surface area contributed by atoms with E-state index < -0.39 is 28.7 Å². The van der Waals surface area contributed by atoms with Crippen LogP contribution >= 0.6 is 11.6 Å². The molecule has 35 heavy (non-hydrogen) atoms. The SMILES string of the molecule is Cc1cc(C(C)Nc2ccc(Cl)nc2C(N)=NO)c2oc(-c3c(F)cccc3F)c(C)c(=O)c2c1. The average molecular weight is 499 g/mol. The van der Waals surface area contributed by atoms with Gasteiger partial charge in [-0.3, -0.25) is 4.79 Å². The van der Waals surface area contributed by atoms with Crippen molar-refractivity contribution < 1.29 is 18.4 Å². The zero-order chi connectivity index (χ0) is 25.4. The largest absolute Gasteiger partial charge is 0.455 e. The lowest BCUT2D eigenvalue weighted by Gasteiger charge is -2.20. The van der Waals surface area contributed by atoms with E-state index in [1.807, 2.05) is 6.92 Å². The van der Waals surface area contributed by atoms with E-state index in [1.54, 1.807) is 25.1 Å². The highest BCUT2D eigenvalue weighted by molar-refractivity contribution is 6.29. The molecule has 0 fully saturated rings. The summed E-state index contributed by atoms with van der Waals surface area (Å²) in [6, 6.07) is 9.54. The number of pyridine rings is 1. The molecule has 4 rings (SSSR count). The third kappa shape index (κ3) is 4.42. The number of fused-ring (bicyclic) bond motifs is 1. The lowest BCUT2D eigenvalue weighted by atomic mass is 9.98. The second-order valence-electron chi connectivity index (χ2n) is 8.09. The van der Waals surface area contributed by atoms with Crippen molar-refractivity contribution >= 4 is 34.1 Å².